The molecule has 0 saturated carbocycles. The second-order valence-electron chi connectivity index (χ2n) is 6.77. The molecule has 0 aliphatic rings. The number of imidazole rings is 1. The molecule has 0 aliphatic heterocycles. The third kappa shape index (κ3) is 5.15. The number of nitrogens with one attached hydrogen (secondary N) is 1. The molecule has 0 radical (unpaired) electrons. The van der Waals surface area contributed by atoms with Crippen LogP contribution in [0.2, 0.25) is 0 Å². The predicted molar refractivity (Wildman–Crippen MR) is 114 cm³/mol. The minimum Gasteiger partial charge on any atom is -0.495 e. The lowest BCUT2D eigenvalue weighted by Gasteiger charge is -2.10. The largest absolute Gasteiger partial charge is 0.495 e. The Balaban J connectivity index is 1.85. The van der Waals surface area contributed by atoms with Gasteiger partial charge in [0.05, 0.1) is 48.2 Å². The standard InChI is InChI=1S/C21H19F2N3O5S/c1-31-18-10-14(32(2,29)30)5-6-16(18)24-7-3-4-13-8-15(21(27)28)20-17(9-13)26(12-25-20)11-19(22)23/h5-6,8-10,12,19,24H,7,11H2,1-2H3,(H,27,28). The molecule has 0 aliphatic carbocycles. The van der Waals surface area contributed by atoms with E-state index in [0.29, 0.717) is 17.0 Å². The fraction of sp³-hybridized carbons (Fsp3) is 0.238. The topological polar surface area (TPSA) is 111 Å². The number of halogens is 2. The summed E-state index contributed by atoms with van der Waals surface area (Å²) >= 11 is 0. The number of aromatic nitrogens is 2. The predicted octanol–water partition coefficient (Wildman–Crippen LogP) is 2.88. The van der Waals surface area contributed by atoms with Gasteiger partial charge in [-0.15, -0.1) is 0 Å². The number of alkyl halides is 2. The molecule has 0 atom stereocenters. The Morgan fingerprint density at radius 2 is 2.06 bits per heavy atom. The summed E-state index contributed by atoms with van der Waals surface area (Å²) in [5.74, 6) is 4.71. The van der Waals surface area contributed by atoms with E-state index in [9.17, 15) is 27.1 Å². The number of nitrogens with zero attached hydrogens (tertiary/aromatic N) is 2. The van der Waals surface area contributed by atoms with Crippen molar-refractivity contribution >= 4 is 32.5 Å². The van der Waals surface area contributed by atoms with E-state index in [1.165, 1.54) is 42.3 Å². The molecular formula is C21H19F2N3O5S. The third-order valence-corrected chi connectivity index (χ3v) is 5.60. The van der Waals surface area contributed by atoms with E-state index >= 15 is 0 Å². The van der Waals surface area contributed by atoms with Crippen molar-refractivity contribution in [1.29, 1.82) is 0 Å². The second kappa shape index (κ2) is 9.23. The van der Waals surface area contributed by atoms with Gasteiger partial charge in [0.2, 0.25) is 0 Å². The zero-order chi connectivity index (χ0) is 23.5. The van der Waals surface area contributed by atoms with Crippen molar-refractivity contribution in [3.63, 3.8) is 0 Å². The molecule has 0 unspecified atom stereocenters. The van der Waals surface area contributed by atoms with Crippen molar-refractivity contribution in [3.05, 3.63) is 47.8 Å². The first-order valence-corrected chi connectivity index (χ1v) is 11.1. The van der Waals surface area contributed by atoms with Crippen LogP contribution in [0.15, 0.2) is 41.6 Å². The SMILES string of the molecule is COc1cc(S(C)(=O)=O)ccc1NCC#Cc1cc(C(=O)O)c2ncn(CC(F)F)c2c1. The molecule has 11 heteroatoms. The first kappa shape index (κ1) is 23.0. The van der Waals surface area contributed by atoms with Crippen molar-refractivity contribution in [2.75, 3.05) is 25.2 Å². The highest BCUT2D eigenvalue weighted by atomic mass is 32.2. The van der Waals surface area contributed by atoms with Crippen molar-refractivity contribution in [2.45, 2.75) is 17.9 Å². The third-order valence-electron chi connectivity index (χ3n) is 4.49. The lowest BCUT2D eigenvalue weighted by Crippen LogP contribution is -2.06. The van der Waals surface area contributed by atoms with Crippen LogP contribution in [-0.2, 0) is 16.4 Å². The molecule has 2 aromatic carbocycles. The number of ether oxygens (including phenoxy) is 1. The summed E-state index contributed by atoms with van der Waals surface area (Å²) in [5.41, 5.74) is 1.07. The number of benzene rings is 2. The maximum absolute atomic E-state index is 12.8. The summed E-state index contributed by atoms with van der Waals surface area (Å²) in [6, 6.07) is 7.21. The Hall–Kier alpha value is -3.65. The van der Waals surface area contributed by atoms with E-state index in [1.807, 2.05) is 0 Å². The van der Waals surface area contributed by atoms with E-state index in [-0.39, 0.29) is 28.0 Å². The van der Waals surface area contributed by atoms with Gasteiger partial charge < -0.3 is 19.7 Å². The molecule has 1 heterocycles. The van der Waals surface area contributed by atoms with E-state index < -0.39 is 28.8 Å². The number of hydrogen-bond acceptors (Lipinski definition) is 6. The Morgan fingerprint density at radius 3 is 2.69 bits per heavy atom. The van der Waals surface area contributed by atoms with Crippen LogP contribution in [0.3, 0.4) is 0 Å². The fourth-order valence-electron chi connectivity index (χ4n) is 3.03. The average molecular weight is 463 g/mol. The van der Waals surface area contributed by atoms with Crippen LogP contribution in [0.25, 0.3) is 11.0 Å². The van der Waals surface area contributed by atoms with Gasteiger partial charge in [-0.05, 0) is 24.3 Å². The normalized spacial score (nSPS) is 11.3. The number of rotatable bonds is 7. The summed E-state index contributed by atoms with van der Waals surface area (Å²) in [6.45, 7) is -0.484. The smallest absolute Gasteiger partial charge is 0.338 e. The quantitative estimate of drug-likeness (QED) is 0.519. The Labute approximate surface area is 182 Å². The molecule has 0 bridgehead atoms. The maximum Gasteiger partial charge on any atom is 0.338 e. The van der Waals surface area contributed by atoms with Crippen molar-refractivity contribution in [3.8, 4) is 17.6 Å². The van der Waals surface area contributed by atoms with Crippen LogP contribution in [0.4, 0.5) is 14.5 Å². The van der Waals surface area contributed by atoms with Crippen LogP contribution in [-0.4, -0.2) is 55.4 Å². The summed E-state index contributed by atoms with van der Waals surface area (Å²) in [7, 11) is -1.98. The number of carbonyl (C=O) groups is 1. The van der Waals surface area contributed by atoms with Crippen molar-refractivity contribution in [1.82, 2.24) is 9.55 Å². The van der Waals surface area contributed by atoms with Gasteiger partial charge in [0.25, 0.3) is 6.43 Å². The zero-order valence-corrected chi connectivity index (χ0v) is 17.9. The molecule has 0 amide bonds. The van der Waals surface area contributed by atoms with Gasteiger partial charge in [-0.3, -0.25) is 0 Å². The molecule has 0 spiro atoms. The Kier molecular flexibility index (Phi) is 6.64. The van der Waals surface area contributed by atoms with Crippen LogP contribution in [0.5, 0.6) is 5.75 Å². The number of methoxy groups -OCH3 is 1. The number of hydrogen-bond donors (Lipinski definition) is 2. The van der Waals surface area contributed by atoms with Gasteiger partial charge in [0.15, 0.2) is 9.84 Å². The molecule has 2 N–H and O–H groups in total. The first-order chi connectivity index (χ1) is 15.1. The van der Waals surface area contributed by atoms with Gasteiger partial charge in [-0.25, -0.2) is 27.0 Å². The van der Waals surface area contributed by atoms with Crippen LogP contribution >= 0.6 is 0 Å². The molecule has 8 nitrogen and oxygen atoms in total. The minimum atomic E-state index is -3.39. The van der Waals surface area contributed by atoms with Gasteiger partial charge in [-0.2, -0.15) is 0 Å². The highest BCUT2D eigenvalue weighted by Gasteiger charge is 2.16. The number of sulfone groups is 1. The number of fused-ring (bicyclic) bond motifs is 1. The van der Waals surface area contributed by atoms with E-state index in [4.69, 9.17) is 4.74 Å². The monoisotopic (exact) mass is 463 g/mol. The summed E-state index contributed by atoms with van der Waals surface area (Å²) < 4.78 is 55.3. The van der Waals surface area contributed by atoms with E-state index in [0.717, 1.165) is 6.26 Å². The van der Waals surface area contributed by atoms with Gasteiger partial charge in [0.1, 0.15) is 11.3 Å². The fourth-order valence-corrected chi connectivity index (χ4v) is 3.66. The number of carboxylic acid groups (broad SMARTS) is 1. The average Bonchev–Trinajstić information content (AvgIpc) is 3.11. The van der Waals surface area contributed by atoms with Crippen LogP contribution < -0.4 is 10.1 Å². The second-order valence-corrected chi connectivity index (χ2v) is 8.79. The summed E-state index contributed by atoms with van der Waals surface area (Å²) in [6.07, 6.45) is -0.353. The molecule has 0 fully saturated rings. The summed E-state index contributed by atoms with van der Waals surface area (Å²) in [5, 5.41) is 12.4. The molecule has 3 rings (SSSR count). The highest BCUT2D eigenvalue weighted by Crippen LogP contribution is 2.27. The number of carboxylic acids is 1. The Bertz CT molecular complexity index is 1340. The molecule has 0 saturated heterocycles. The molecule has 168 valence electrons. The first-order valence-electron chi connectivity index (χ1n) is 9.21. The van der Waals surface area contributed by atoms with Crippen molar-refractivity contribution in [2.24, 2.45) is 0 Å². The van der Waals surface area contributed by atoms with E-state index in [2.05, 4.69) is 22.1 Å². The van der Waals surface area contributed by atoms with Gasteiger partial charge in [-0.1, -0.05) is 11.8 Å². The molecular weight excluding hydrogens is 444 g/mol. The zero-order valence-electron chi connectivity index (χ0n) is 17.1. The lowest BCUT2D eigenvalue weighted by atomic mass is 10.1. The lowest BCUT2D eigenvalue weighted by molar-refractivity contribution is 0.0698. The van der Waals surface area contributed by atoms with Gasteiger partial charge >= 0.3 is 5.97 Å². The maximum atomic E-state index is 12.8. The molecule has 1 aromatic heterocycles. The highest BCUT2D eigenvalue weighted by molar-refractivity contribution is 7.90. The minimum absolute atomic E-state index is 0.109. The van der Waals surface area contributed by atoms with E-state index in [1.54, 1.807) is 6.07 Å². The van der Waals surface area contributed by atoms with Crippen LogP contribution in [0, 0.1) is 11.8 Å². The van der Waals surface area contributed by atoms with Crippen molar-refractivity contribution < 1.29 is 31.8 Å². The Morgan fingerprint density at radius 1 is 1.31 bits per heavy atom. The van der Waals surface area contributed by atoms with Crippen LogP contribution in [0.1, 0.15) is 15.9 Å². The summed E-state index contributed by atoms with van der Waals surface area (Å²) in [4.78, 5) is 15.6. The molecule has 32 heavy (non-hydrogen) atoms. The number of aromatic carboxylic acids is 1. The number of anilines is 1. The molecule has 3 aromatic rings. The van der Waals surface area contributed by atoms with Gasteiger partial charge in [0, 0.05) is 17.9 Å².